The van der Waals surface area contributed by atoms with Gasteiger partial charge in [0.05, 0.1) is 13.2 Å². The average molecular weight is 1110 g/mol. The Hall–Kier alpha value is -2.87. The zero-order valence-electron chi connectivity index (χ0n) is 38.5. The van der Waals surface area contributed by atoms with Gasteiger partial charge < -0.3 is 59.0 Å². The molecule has 0 spiro atoms. The van der Waals surface area contributed by atoms with E-state index in [2.05, 4.69) is 85.0 Å². The van der Waals surface area contributed by atoms with Crippen LogP contribution in [0.4, 0.5) is 0 Å². The summed E-state index contributed by atoms with van der Waals surface area (Å²) in [7, 11) is -22.8. The van der Waals surface area contributed by atoms with E-state index in [-0.39, 0.29) is 27.2 Å². The van der Waals surface area contributed by atoms with Crippen LogP contribution in [0.5, 0.6) is 0 Å². The molecular formula is C42H84O23P4S. The van der Waals surface area contributed by atoms with Crippen molar-refractivity contribution in [2.45, 2.75) is 159 Å². The second-order valence-corrected chi connectivity index (χ2v) is 20.5. The van der Waals surface area contributed by atoms with Gasteiger partial charge in [-0.25, -0.2) is 18.3 Å². The summed E-state index contributed by atoms with van der Waals surface area (Å²) in [5, 5.41) is 33.0. The third-order valence-corrected chi connectivity index (χ3v) is 12.0. The second kappa shape index (κ2) is 37.8. The third kappa shape index (κ3) is 36.1. The lowest BCUT2D eigenvalue weighted by Gasteiger charge is -2.45. The van der Waals surface area contributed by atoms with Crippen LogP contribution < -0.4 is 0 Å². The predicted octanol–water partition coefficient (Wildman–Crippen LogP) is 6.38. The first kappa shape index (κ1) is 67.1. The van der Waals surface area contributed by atoms with Crippen LogP contribution in [0.2, 0.25) is 0 Å². The summed E-state index contributed by atoms with van der Waals surface area (Å²) in [5.74, 6) is 23.4. The summed E-state index contributed by atoms with van der Waals surface area (Å²) < 4.78 is 79.8. The molecule has 0 aliphatic heterocycles. The molecule has 70 heavy (non-hydrogen) atoms. The van der Waals surface area contributed by atoms with Gasteiger partial charge in [-0.2, -0.15) is 0 Å². The van der Waals surface area contributed by atoms with Crippen LogP contribution in [0.15, 0.2) is 0 Å². The molecule has 0 amide bonds. The second-order valence-electron chi connectivity index (χ2n) is 14.7. The number of hydrogen-bond donors (Lipinski definition) is 10. The maximum absolute atomic E-state index is 12.9. The molecular weight excluding hydrogens is 1030 g/mol. The average Bonchev–Trinajstić information content (AvgIpc) is 3.26. The SMILES string of the molecule is C#CC#CC#CC#CC#CC#CSC(=O)CCC.CCCCCCCCCCCCCCCC(=O)O[C@H](COCO)COP(=O)(O)OC1C(O)[C@H](OP(=O)(O)O)C(OP(=O)(O)O)C(OP(=O)(O)O)[C@@H]1O.[HH].[HH].[HH].[HH].[HH].[HH].[HH].[HH].[HH].[HH].[HH]. The van der Waals surface area contributed by atoms with Crippen molar-refractivity contribution < 1.29 is 125 Å². The molecule has 1 aliphatic carbocycles. The highest BCUT2D eigenvalue weighted by Gasteiger charge is 2.59. The number of rotatable bonds is 31. The van der Waals surface area contributed by atoms with E-state index in [0.29, 0.717) is 12.8 Å². The summed E-state index contributed by atoms with van der Waals surface area (Å²) in [4.78, 5) is 89.4. The zero-order chi connectivity index (χ0) is 53.1. The molecule has 0 aromatic rings. The van der Waals surface area contributed by atoms with E-state index in [9.17, 15) is 72.3 Å². The summed E-state index contributed by atoms with van der Waals surface area (Å²) in [5.41, 5.74) is 0. The molecule has 0 radical (unpaired) electrons. The maximum Gasteiger partial charge on any atom is 0.472 e. The fraction of sp³-hybridized carbons (Fsp3) is 0.667. The van der Waals surface area contributed by atoms with E-state index in [1.54, 1.807) is 0 Å². The van der Waals surface area contributed by atoms with Crippen LogP contribution in [-0.4, -0.2) is 123 Å². The molecule has 5 unspecified atom stereocenters. The number of esters is 1. The Morgan fingerprint density at radius 1 is 0.571 bits per heavy atom. The van der Waals surface area contributed by atoms with Crippen LogP contribution in [-0.2, 0) is 59.9 Å². The van der Waals surface area contributed by atoms with Gasteiger partial charge in [0.2, 0.25) is 5.12 Å². The summed E-state index contributed by atoms with van der Waals surface area (Å²) in [6.07, 6.45) is 2.56. The molecule has 0 bridgehead atoms. The molecule has 0 aromatic heterocycles. The van der Waals surface area contributed by atoms with Crippen molar-refractivity contribution in [3.63, 3.8) is 0 Å². The lowest BCUT2D eigenvalue weighted by atomic mass is 9.85. The first-order chi connectivity index (χ1) is 32.9. The van der Waals surface area contributed by atoms with Crippen LogP contribution in [0, 0.1) is 70.9 Å². The van der Waals surface area contributed by atoms with E-state index < -0.39 is 100.0 Å². The predicted molar refractivity (Wildman–Crippen MR) is 275 cm³/mol. The monoisotopic (exact) mass is 1110 g/mol. The molecule has 28 heteroatoms. The fourth-order valence-electron chi connectivity index (χ4n) is 5.93. The van der Waals surface area contributed by atoms with Gasteiger partial charge >= 0.3 is 37.3 Å². The van der Waals surface area contributed by atoms with Gasteiger partial charge in [0.15, 0.2) is 0 Å². The molecule has 416 valence electrons. The third-order valence-electron chi connectivity index (χ3n) is 8.87. The molecule has 1 fully saturated rings. The molecule has 0 heterocycles. The Bertz CT molecular complexity index is 2150. The number of hydrogen-bond acceptors (Lipinski definition) is 17. The van der Waals surface area contributed by atoms with Crippen molar-refractivity contribution in [2.75, 3.05) is 20.0 Å². The van der Waals surface area contributed by atoms with Crippen molar-refractivity contribution in [3.05, 3.63) is 0 Å². The minimum absolute atomic E-state index is 0. The number of thioether (sulfide) groups is 1. The van der Waals surface area contributed by atoms with E-state index >= 15 is 0 Å². The topological polar surface area (TPSA) is 369 Å². The Kier molecular flexibility index (Phi) is 36.3. The van der Waals surface area contributed by atoms with Crippen molar-refractivity contribution in [1.29, 1.82) is 0 Å². The molecule has 1 rings (SSSR count). The minimum Gasteiger partial charge on any atom is -0.457 e. The largest absolute Gasteiger partial charge is 0.472 e. The molecule has 23 nitrogen and oxygen atoms in total. The summed E-state index contributed by atoms with van der Waals surface area (Å²) in [6, 6.07) is 0. The maximum atomic E-state index is 12.9. The molecule has 10 N–H and O–H groups in total. The van der Waals surface area contributed by atoms with E-state index in [4.69, 9.17) is 30.1 Å². The zero-order valence-corrected chi connectivity index (χ0v) is 42.9. The molecule has 0 aromatic carbocycles. The molecule has 8 atom stereocenters. The van der Waals surface area contributed by atoms with E-state index in [1.807, 2.05) is 6.92 Å². The van der Waals surface area contributed by atoms with Crippen LogP contribution in [0.25, 0.3) is 0 Å². The number of carbonyl (C=O) groups is 2. The lowest BCUT2D eigenvalue weighted by Crippen LogP contribution is -2.65. The van der Waals surface area contributed by atoms with Crippen LogP contribution in [0.1, 0.15) is 132 Å². The lowest BCUT2D eigenvalue weighted by molar-refractivity contribution is -0.209. The number of carbonyl (C=O) groups excluding carboxylic acids is 2. The quantitative estimate of drug-likeness (QED) is 0.0118. The van der Waals surface area contributed by atoms with Gasteiger partial charge in [-0.1, -0.05) is 90.9 Å². The van der Waals surface area contributed by atoms with E-state index in [1.165, 1.54) is 44.9 Å². The Balaban J connectivity index is -0.000000142. The molecule has 1 saturated carbocycles. The highest BCUT2D eigenvalue weighted by molar-refractivity contribution is 8.17. The van der Waals surface area contributed by atoms with Crippen LogP contribution >= 0.6 is 43.1 Å². The number of aliphatic hydroxyl groups excluding tert-OH is 3. The fourth-order valence-corrected chi connectivity index (χ4v) is 9.10. The van der Waals surface area contributed by atoms with Crippen molar-refractivity contribution >= 4 is 54.1 Å². The summed E-state index contributed by atoms with van der Waals surface area (Å²) >= 11 is 0.963. The van der Waals surface area contributed by atoms with Gasteiger partial charge in [-0.15, -0.1) is 6.42 Å². The van der Waals surface area contributed by atoms with Gasteiger partial charge in [0.1, 0.15) is 49.5 Å². The smallest absolute Gasteiger partial charge is 0.457 e. The first-order valence-corrected chi connectivity index (χ1v) is 28.6. The van der Waals surface area contributed by atoms with E-state index in [0.717, 1.165) is 50.3 Å². The number of terminal acetylenes is 1. The van der Waals surface area contributed by atoms with Crippen molar-refractivity contribution in [2.24, 2.45) is 0 Å². The van der Waals surface area contributed by atoms with Gasteiger partial charge in [0, 0.05) is 40.3 Å². The minimum atomic E-state index is -5.75. The standard InChI is InChI=1S/C26H54O22P4.C16H8OS.11H2/c1-2-3-4-5-6-7-8-9-10-11-12-13-14-15-20(28)44-19(16-42-18-27)17-43-52(40,41)48-23-21(29)24(45-49(31,32)33)26(47-51(37,38)39)25(22(23)30)46-50(34,35)36;1-3-5-6-7-8-9-10-11-12-13-15-18-16(17)14-4-2;;;;;;;;;;;/h19,21-27,29-30H,2-18H2,1H3,(H,40,41)(H2,31,32,33)(H2,34,35,36)(H2,37,38,39);1H,4,14H2,2H3;11*1H/t19-,21-,22?,23?,24?,25+,26?;;;;;;;;;;;;/m1............/s1. The molecule has 1 aliphatic rings. The number of ether oxygens (including phenoxy) is 2. The highest BCUT2D eigenvalue weighted by Crippen LogP contribution is 2.53. The highest BCUT2D eigenvalue weighted by atomic mass is 32.2. The number of aliphatic hydroxyl groups is 3. The Labute approximate surface area is 428 Å². The summed E-state index contributed by atoms with van der Waals surface area (Å²) in [6.45, 7) is 1.76. The Morgan fingerprint density at radius 3 is 1.43 bits per heavy atom. The number of unbranched alkanes of at least 4 members (excludes halogenated alkanes) is 12. The Morgan fingerprint density at radius 2 is 1.00 bits per heavy atom. The van der Waals surface area contributed by atoms with Gasteiger partial charge in [-0.3, -0.25) is 32.2 Å². The normalized spacial score (nSPS) is 19.9. The van der Waals surface area contributed by atoms with Crippen LogP contribution in [0.3, 0.4) is 0 Å². The van der Waals surface area contributed by atoms with Crippen molar-refractivity contribution in [3.8, 4) is 70.9 Å². The molecule has 0 saturated heterocycles. The first-order valence-electron chi connectivity index (χ1n) is 21.7. The van der Waals surface area contributed by atoms with Gasteiger partial charge in [-0.05, 0) is 77.3 Å². The number of phosphoric acid groups is 4. The van der Waals surface area contributed by atoms with Crippen molar-refractivity contribution in [1.82, 2.24) is 0 Å². The van der Waals surface area contributed by atoms with Gasteiger partial charge in [0.25, 0.3) is 0 Å². The number of phosphoric ester groups is 4.